The van der Waals surface area contributed by atoms with Crippen molar-refractivity contribution in [2.45, 2.75) is 18.9 Å². The van der Waals surface area contributed by atoms with Crippen LogP contribution in [0.5, 0.6) is 0 Å². The summed E-state index contributed by atoms with van der Waals surface area (Å²) < 4.78 is 0. The molecule has 6 nitrogen and oxygen atoms in total. The first kappa shape index (κ1) is 20.7. The molecule has 26 heavy (non-hydrogen) atoms. The van der Waals surface area contributed by atoms with Gasteiger partial charge in [-0.1, -0.05) is 18.2 Å². The summed E-state index contributed by atoms with van der Waals surface area (Å²) in [6.07, 6.45) is 3.55. The molecule has 3 N–H and O–H groups in total. The molecule has 1 fully saturated rings. The van der Waals surface area contributed by atoms with Crippen LogP contribution in [-0.2, 0) is 4.79 Å². The summed E-state index contributed by atoms with van der Waals surface area (Å²) in [5, 5.41) is 9.19. The van der Waals surface area contributed by atoms with Crippen LogP contribution in [0.4, 0.5) is 0 Å². The first-order valence-electron chi connectivity index (χ1n) is 9.26. The van der Waals surface area contributed by atoms with Crippen molar-refractivity contribution < 1.29 is 9.59 Å². The SMILES string of the molecule is CSCCC(NC(=O)c1ccccc1)C(=O)NCCCN1CCNCC1. The molecule has 1 aliphatic heterocycles. The molecule has 0 radical (unpaired) electrons. The van der Waals surface area contributed by atoms with E-state index in [1.807, 2.05) is 24.5 Å². The Kier molecular flexibility index (Phi) is 9.52. The molecule has 2 amide bonds. The maximum atomic E-state index is 12.5. The molecule has 144 valence electrons. The van der Waals surface area contributed by atoms with E-state index in [9.17, 15) is 9.59 Å². The van der Waals surface area contributed by atoms with Gasteiger partial charge in [0.15, 0.2) is 0 Å². The number of carbonyl (C=O) groups is 2. The highest BCUT2D eigenvalue weighted by Crippen LogP contribution is 2.04. The third-order valence-corrected chi connectivity index (χ3v) is 5.07. The van der Waals surface area contributed by atoms with E-state index in [1.165, 1.54) is 0 Å². The van der Waals surface area contributed by atoms with Gasteiger partial charge in [-0.25, -0.2) is 0 Å². The minimum atomic E-state index is -0.491. The van der Waals surface area contributed by atoms with E-state index in [0.29, 0.717) is 18.5 Å². The molecule has 7 heteroatoms. The van der Waals surface area contributed by atoms with Crippen LogP contribution < -0.4 is 16.0 Å². The standard InChI is InChI=1S/C19H30N4O2S/c1-26-15-8-17(22-18(24)16-6-3-2-4-7-16)19(25)21-9-5-12-23-13-10-20-11-14-23/h2-4,6-7,17,20H,5,8-15H2,1H3,(H,21,25)(H,22,24). The average molecular weight is 379 g/mol. The highest BCUT2D eigenvalue weighted by Gasteiger charge is 2.20. The van der Waals surface area contributed by atoms with Gasteiger partial charge in [0, 0.05) is 38.3 Å². The average Bonchev–Trinajstić information content (AvgIpc) is 2.69. The van der Waals surface area contributed by atoms with E-state index in [4.69, 9.17) is 0 Å². The maximum absolute atomic E-state index is 12.5. The molecule has 0 aromatic heterocycles. The summed E-state index contributed by atoms with van der Waals surface area (Å²) in [5.41, 5.74) is 0.577. The number of piperazine rings is 1. The number of rotatable bonds is 10. The number of carbonyl (C=O) groups excluding carboxylic acids is 2. The fourth-order valence-electron chi connectivity index (χ4n) is 2.91. The molecule has 1 heterocycles. The molecule has 1 unspecified atom stereocenters. The summed E-state index contributed by atoms with van der Waals surface area (Å²) in [6.45, 7) is 5.84. The highest BCUT2D eigenvalue weighted by atomic mass is 32.2. The van der Waals surface area contributed by atoms with E-state index < -0.39 is 6.04 Å². The third kappa shape index (κ3) is 7.35. The second-order valence-corrected chi connectivity index (χ2v) is 7.40. The van der Waals surface area contributed by atoms with Crippen molar-refractivity contribution in [2.75, 3.05) is 51.3 Å². The quantitative estimate of drug-likeness (QED) is 0.529. The number of benzene rings is 1. The summed E-state index contributed by atoms with van der Waals surface area (Å²) in [5.74, 6) is 0.532. The minimum absolute atomic E-state index is 0.0939. The predicted molar refractivity (Wildman–Crippen MR) is 108 cm³/mol. The number of nitrogens with one attached hydrogen (secondary N) is 3. The van der Waals surface area contributed by atoms with Crippen molar-refractivity contribution in [1.82, 2.24) is 20.9 Å². The number of thioether (sulfide) groups is 1. The van der Waals surface area contributed by atoms with Gasteiger partial charge in [0.2, 0.25) is 5.91 Å². The summed E-state index contributed by atoms with van der Waals surface area (Å²) in [4.78, 5) is 27.3. The van der Waals surface area contributed by atoms with E-state index >= 15 is 0 Å². The van der Waals surface area contributed by atoms with E-state index in [0.717, 1.165) is 44.9 Å². The van der Waals surface area contributed by atoms with Crippen molar-refractivity contribution >= 4 is 23.6 Å². The topological polar surface area (TPSA) is 73.5 Å². The van der Waals surface area contributed by atoms with Crippen LogP contribution in [0.2, 0.25) is 0 Å². The van der Waals surface area contributed by atoms with Crippen LogP contribution >= 0.6 is 11.8 Å². The normalized spacial score (nSPS) is 16.0. The number of nitrogens with zero attached hydrogens (tertiary/aromatic N) is 1. The van der Waals surface area contributed by atoms with E-state index in [1.54, 1.807) is 23.9 Å². The molecule has 1 aliphatic rings. The van der Waals surface area contributed by atoms with Gasteiger partial charge in [-0.3, -0.25) is 9.59 Å². The fourth-order valence-corrected chi connectivity index (χ4v) is 3.38. The van der Waals surface area contributed by atoms with E-state index in [2.05, 4.69) is 20.9 Å². The Morgan fingerprint density at radius 3 is 2.65 bits per heavy atom. The number of hydrogen-bond donors (Lipinski definition) is 3. The Bertz CT molecular complexity index is 550. The Morgan fingerprint density at radius 1 is 1.23 bits per heavy atom. The Balaban J connectivity index is 1.76. The Labute approximate surface area is 160 Å². The van der Waals surface area contributed by atoms with Crippen molar-refractivity contribution in [3.05, 3.63) is 35.9 Å². The van der Waals surface area contributed by atoms with Gasteiger partial charge in [-0.2, -0.15) is 11.8 Å². The van der Waals surface area contributed by atoms with Gasteiger partial charge in [-0.15, -0.1) is 0 Å². The molecule has 0 aliphatic carbocycles. The zero-order valence-electron chi connectivity index (χ0n) is 15.5. The van der Waals surface area contributed by atoms with Crippen molar-refractivity contribution in [3.63, 3.8) is 0 Å². The second-order valence-electron chi connectivity index (χ2n) is 6.41. The largest absolute Gasteiger partial charge is 0.354 e. The van der Waals surface area contributed by atoms with Gasteiger partial charge in [0.1, 0.15) is 6.04 Å². The molecule has 0 saturated carbocycles. The molecule has 2 rings (SSSR count). The van der Waals surface area contributed by atoms with Crippen molar-refractivity contribution in [1.29, 1.82) is 0 Å². The van der Waals surface area contributed by atoms with Crippen LogP contribution in [0.25, 0.3) is 0 Å². The first-order valence-corrected chi connectivity index (χ1v) is 10.7. The predicted octanol–water partition coefficient (Wildman–Crippen LogP) is 0.950. The lowest BCUT2D eigenvalue weighted by atomic mass is 10.1. The monoisotopic (exact) mass is 378 g/mol. The molecule has 1 saturated heterocycles. The van der Waals surface area contributed by atoms with Crippen LogP contribution in [0.3, 0.4) is 0 Å². The smallest absolute Gasteiger partial charge is 0.251 e. The van der Waals surface area contributed by atoms with Gasteiger partial charge in [0.05, 0.1) is 0 Å². The maximum Gasteiger partial charge on any atom is 0.251 e. The lowest BCUT2D eigenvalue weighted by molar-refractivity contribution is -0.123. The van der Waals surface area contributed by atoms with Gasteiger partial charge < -0.3 is 20.9 Å². The molecule has 1 aromatic carbocycles. The molecule has 0 bridgehead atoms. The fraction of sp³-hybridized carbons (Fsp3) is 0.579. The zero-order chi connectivity index (χ0) is 18.6. The van der Waals surface area contributed by atoms with Gasteiger partial charge in [0.25, 0.3) is 5.91 Å². The Hall–Kier alpha value is -1.57. The molecule has 1 atom stereocenters. The number of amides is 2. The molecule has 1 aromatic rings. The summed E-state index contributed by atoms with van der Waals surface area (Å²) >= 11 is 1.67. The third-order valence-electron chi connectivity index (χ3n) is 4.43. The van der Waals surface area contributed by atoms with Crippen LogP contribution in [0, 0.1) is 0 Å². The van der Waals surface area contributed by atoms with Crippen molar-refractivity contribution in [2.24, 2.45) is 0 Å². The van der Waals surface area contributed by atoms with Crippen LogP contribution in [-0.4, -0.2) is 74.0 Å². The van der Waals surface area contributed by atoms with E-state index in [-0.39, 0.29) is 11.8 Å². The Morgan fingerprint density at radius 2 is 1.96 bits per heavy atom. The molecular formula is C19H30N4O2S. The van der Waals surface area contributed by atoms with Gasteiger partial charge >= 0.3 is 0 Å². The first-order chi connectivity index (χ1) is 12.7. The minimum Gasteiger partial charge on any atom is -0.354 e. The molecular weight excluding hydrogens is 348 g/mol. The summed E-state index contributed by atoms with van der Waals surface area (Å²) in [6, 6.07) is 8.53. The second kappa shape index (κ2) is 11.9. The zero-order valence-corrected chi connectivity index (χ0v) is 16.3. The van der Waals surface area contributed by atoms with Crippen LogP contribution in [0.1, 0.15) is 23.2 Å². The summed E-state index contributed by atoms with van der Waals surface area (Å²) in [7, 11) is 0. The highest BCUT2D eigenvalue weighted by molar-refractivity contribution is 7.98. The number of hydrogen-bond acceptors (Lipinski definition) is 5. The van der Waals surface area contributed by atoms with Crippen molar-refractivity contribution in [3.8, 4) is 0 Å². The lowest BCUT2D eigenvalue weighted by Crippen LogP contribution is -2.48. The molecule has 0 spiro atoms. The lowest BCUT2D eigenvalue weighted by Gasteiger charge is -2.27. The van der Waals surface area contributed by atoms with Crippen LogP contribution in [0.15, 0.2) is 30.3 Å². The van der Waals surface area contributed by atoms with Gasteiger partial charge in [-0.05, 0) is 43.5 Å².